The number of nitrogens with zero attached hydrogens (tertiary/aromatic N) is 2. The highest BCUT2D eigenvalue weighted by molar-refractivity contribution is 7.80. The van der Waals surface area contributed by atoms with E-state index in [2.05, 4.69) is 0 Å². The summed E-state index contributed by atoms with van der Waals surface area (Å²) in [5.41, 5.74) is 0. The minimum atomic E-state index is 0.458. The molecule has 1 rings (SSSR count). The molecular weight excluding hydrogens is 144 g/mol. The maximum Gasteiger partial charge on any atom is 0.180 e. The molecule has 1 saturated heterocycles. The first-order chi connectivity index (χ1) is 4.84. The molecule has 0 aliphatic carbocycles. The van der Waals surface area contributed by atoms with Crippen LogP contribution in [-0.4, -0.2) is 23.0 Å². The monoisotopic (exact) mass is 154 g/mol. The Morgan fingerprint density at radius 3 is 2.40 bits per heavy atom. The van der Waals surface area contributed by atoms with Gasteiger partial charge in [-0.1, -0.05) is 0 Å². The van der Waals surface area contributed by atoms with Gasteiger partial charge in [0, 0.05) is 13.1 Å². The van der Waals surface area contributed by atoms with Crippen molar-refractivity contribution in [2.45, 2.75) is 19.3 Å². The summed E-state index contributed by atoms with van der Waals surface area (Å²) >= 11 is 4.84. The first-order valence-corrected chi connectivity index (χ1v) is 3.94. The predicted molar refractivity (Wildman–Crippen MR) is 43.6 cm³/mol. The molecule has 0 unspecified atom stereocenters. The van der Waals surface area contributed by atoms with Crippen molar-refractivity contribution in [2.75, 3.05) is 13.1 Å². The average Bonchev–Trinajstić information content (AvgIpc) is 2.05. The Balaban J connectivity index is 2.40. The molecule has 0 aromatic heterocycles. The Labute approximate surface area is 66.4 Å². The molecule has 1 aliphatic rings. The molecule has 1 fully saturated rings. The van der Waals surface area contributed by atoms with Crippen LogP contribution in [0.1, 0.15) is 19.3 Å². The van der Waals surface area contributed by atoms with Gasteiger partial charge in [0.05, 0.1) is 0 Å². The van der Waals surface area contributed by atoms with Crippen LogP contribution >= 0.6 is 12.2 Å². The first kappa shape index (κ1) is 7.49. The van der Waals surface area contributed by atoms with Crippen LogP contribution in [0.4, 0.5) is 0 Å². The molecule has 0 aromatic carbocycles. The van der Waals surface area contributed by atoms with E-state index in [1.165, 1.54) is 19.3 Å². The second kappa shape index (κ2) is 3.52. The summed E-state index contributed by atoms with van der Waals surface area (Å²) in [7, 11) is 0. The van der Waals surface area contributed by atoms with Crippen molar-refractivity contribution in [1.29, 1.82) is 5.26 Å². The van der Waals surface area contributed by atoms with E-state index in [0.717, 1.165) is 13.1 Å². The fourth-order valence-corrected chi connectivity index (χ4v) is 1.35. The quantitative estimate of drug-likeness (QED) is 0.492. The van der Waals surface area contributed by atoms with Crippen molar-refractivity contribution in [3.63, 3.8) is 0 Å². The van der Waals surface area contributed by atoms with Crippen molar-refractivity contribution in [3.05, 3.63) is 0 Å². The van der Waals surface area contributed by atoms with E-state index >= 15 is 0 Å². The molecule has 1 aliphatic heterocycles. The average molecular weight is 154 g/mol. The zero-order chi connectivity index (χ0) is 7.40. The molecule has 1 heterocycles. The van der Waals surface area contributed by atoms with Crippen LogP contribution in [0.25, 0.3) is 0 Å². The molecule has 54 valence electrons. The standard InChI is InChI=1S/C7H10N2S/c8-6-7(10)9-4-2-1-3-5-9/h1-5H2. The van der Waals surface area contributed by atoms with E-state index in [-0.39, 0.29) is 0 Å². The van der Waals surface area contributed by atoms with E-state index in [0.29, 0.717) is 4.99 Å². The van der Waals surface area contributed by atoms with Gasteiger partial charge >= 0.3 is 0 Å². The zero-order valence-corrected chi connectivity index (χ0v) is 6.65. The van der Waals surface area contributed by atoms with E-state index in [9.17, 15) is 0 Å². The third-order valence-electron chi connectivity index (χ3n) is 1.74. The minimum Gasteiger partial charge on any atom is -0.354 e. The lowest BCUT2D eigenvalue weighted by Crippen LogP contribution is -2.33. The van der Waals surface area contributed by atoms with Crippen LogP contribution in [0.3, 0.4) is 0 Å². The Morgan fingerprint density at radius 1 is 1.30 bits per heavy atom. The number of hydrogen-bond acceptors (Lipinski definition) is 2. The summed E-state index contributed by atoms with van der Waals surface area (Å²) in [4.78, 5) is 2.44. The number of nitriles is 1. The maximum atomic E-state index is 8.45. The van der Waals surface area contributed by atoms with Crippen LogP contribution in [0.15, 0.2) is 0 Å². The van der Waals surface area contributed by atoms with Gasteiger partial charge in [-0.25, -0.2) is 0 Å². The third kappa shape index (κ3) is 1.68. The summed E-state index contributed by atoms with van der Waals surface area (Å²) in [6.45, 7) is 1.96. The third-order valence-corrected chi connectivity index (χ3v) is 2.09. The van der Waals surface area contributed by atoms with Gasteiger partial charge in [-0.05, 0) is 31.5 Å². The van der Waals surface area contributed by atoms with E-state index in [1.807, 2.05) is 11.0 Å². The lowest BCUT2D eigenvalue weighted by molar-refractivity contribution is 0.349. The van der Waals surface area contributed by atoms with Gasteiger partial charge in [-0.3, -0.25) is 0 Å². The van der Waals surface area contributed by atoms with Gasteiger partial charge in [-0.2, -0.15) is 5.26 Å². The molecule has 0 bridgehead atoms. The SMILES string of the molecule is N#CC(=S)N1CCCCC1. The van der Waals surface area contributed by atoms with Crippen molar-refractivity contribution >= 4 is 17.2 Å². The van der Waals surface area contributed by atoms with Crippen molar-refractivity contribution in [3.8, 4) is 6.07 Å². The molecule has 3 heteroatoms. The molecule has 0 N–H and O–H groups in total. The number of rotatable bonds is 0. The molecule has 0 radical (unpaired) electrons. The molecule has 0 saturated carbocycles. The van der Waals surface area contributed by atoms with Crippen LogP contribution in [0.2, 0.25) is 0 Å². The lowest BCUT2D eigenvalue weighted by Gasteiger charge is -2.25. The van der Waals surface area contributed by atoms with Crippen molar-refractivity contribution in [1.82, 2.24) is 4.90 Å². The van der Waals surface area contributed by atoms with E-state index < -0.39 is 0 Å². The minimum absolute atomic E-state index is 0.458. The van der Waals surface area contributed by atoms with Gasteiger partial charge in [0.15, 0.2) is 4.99 Å². The highest BCUT2D eigenvalue weighted by Gasteiger charge is 2.11. The first-order valence-electron chi connectivity index (χ1n) is 3.53. The molecule has 2 nitrogen and oxygen atoms in total. The normalized spacial score (nSPS) is 18.1. The summed E-state index contributed by atoms with van der Waals surface area (Å²) < 4.78 is 0. The van der Waals surface area contributed by atoms with Gasteiger partial charge in [-0.15, -0.1) is 0 Å². The summed E-state index contributed by atoms with van der Waals surface area (Å²) in [6, 6.07) is 1.99. The second-order valence-corrected chi connectivity index (χ2v) is 2.85. The summed E-state index contributed by atoms with van der Waals surface area (Å²) in [5, 5.41) is 8.45. The highest BCUT2D eigenvalue weighted by atomic mass is 32.1. The summed E-state index contributed by atoms with van der Waals surface area (Å²) in [5.74, 6) is 0. The molecular formula is C7H10N2S. The number of likely N-dealkylation sites (tertiary alicyclic amines) is 1. The predicted octanol–water partition coefficient (Wildman–Crippen LogP) is 1.32. The molecule has 0 aromatic rings. The highest BCUT2D eigenvalue weighted by Crippen LogP contribution is 2.08. The lowest BCUT2D eigenvalue weighted by atomic mass is 10.1. The van der Waals surface area contributed by atoms with Gasteiger partial charge in [0.1, 0.15) is 6.07 Å². The zero-order valence-electron chi connectivity index (χ0n) is 5.84. The maximum absolute atomic E-state index is 8.45. The molecule has 0 spiro atoms. The van der Waals surface area contributed by atoms with Gasteiger partial charge in [0.2, 0.25) is 0 Å². The molecule has 0 atom stereocenters. The fourth-order valence-electron chi connectivity index (χ4n) is 1.17. The van der Waals surface area contributed by atoms with E-state index in [4.69, 9.17) is 17.5 Å². The molecule has 10 heavy (non-hydrogen) atoms. The van der Waals surface area contributed by atoms with Gasteiger partial charge < -0.3 is 4.90 Å². The Morgan fingerprint density at radius 2 is 1.90 bits per heavy atom. The van der Waals surface area contributed by atoms with Crippen LogP contribution in [-0.2, 0) is 0 Å². The Bertz CT molecular complexity index is 165. The van der Waals surface area contributed by atoms with Gasteiger partial charge in [0.25, 0.3) is 0 Å². The van der Waals surface area contributed by atoms with Crippen LogP contribution in [0.5, 0.6) is 0 Å². The van der Waals surface area contributed by atoms with Crippen LogP contribution < -0.4 is 0 Å². The number of hydrogen-bond donors (Lipinski definition) is 0. The Hall–Kier alpha value is -0.620. The number of thiocarbonyl (C=S) groups is 1. The topological polar surface area (TPSA) is 27.0 Å². The van der Waals surface area contributed by atoms with Crippen molar-refractivity contribution < 1.29 is 0 Å². The Kier molecular flexibility index (Phi) is 2.64. The molecule has 0 amide bonds. The van der Waals surface area contributed by atoms with Crippen molar-refractivity contribution in [2.24, 2.45) is 0 Å². The fraction of sp³-hybridized carbons (Fsp3) is 0.714. The van der Waals surface area contributed by atoms with Crippen LogP contribution in [0, 0.1) is 11.3 Å². The smallest absolute Gasteiger partial charge is 0.180 e. The summed E-state index contributed by atoms with van der Waals surface area (Å²) in [6.07, 6.45) is 3.65. The largest absolute Gasteiger partial charge is 0.354 e. The van der Waals surface area contributed by atoms with E-state index in [1.54, 1.807) is 0 Å². The second-order valence-electron chi connectivity index (χ2n) is 2.46. The number of piperidine rings is 1.